The molecule has 0 aliphatic rings. The molecule has 0 amide bonds. The Balaban J connectivity index is 2.17. The minimum atomic E-state index is -0.298. The Morgan fingerprint density at radius 2 is 2.31 bits per heavy atom. The molecule has 0 fully saturated rings. The van der Waals surface area contributed by atoms with Gasteiger partial charge in [-0.2, -0.15) is 0 Å². The van der Waals surface area contributed by atoms with Crippen LogP contribution in [0.3, 0.4) is 0 Å². The summed E-state index contributed by atoms with van der Waals surface area (Å²) in [6.07, 6.45) is 1.98. The fraction of sp³-hybridized carbons (Fsp3) is 0.200. The Morgan fingerprint density at radius 3 is 3.00 bits per heavy atom. The van der Waals surface area contributed by atoms with Crippen molar-refractivity contribution in [3.8, 4) is 0 Å². The molecule has 0 saturated carbocycles. The summed E-state index contributed by atoms with van der Waals surface area (Å²) in [6.45, 7) is 0. The lowest BCUT2D eigenvalue weighted by Gasteiger charge is -2.09. The van der Waals surface area contributed by atoms with Gasteiger partial charge in [-0.15, -0.1) is 5.10 Å². The summed E-state index contributed by atoms with van der Waals surface area (Å²) in [4.78, 5) is 0.833. The lowest BCUT2D eigenvalue weighted by molar-refractivity contribution is 0.595. The van der Waals surface area contributed by atoms with E-state index >= 15 is 0 Å². The molecule has 84 valence electrons. The van der Waals surface area contributed by atoms with Crippen molar-refractivity contribution in [1.29, 1.82) is 0 Å². The van der Waals surface area contributed by atoms with Crippen LogP contribution < -0.4 is 5.73 Å². The van der Waals surface area contributed by atoms with Gasteiger partial charge in [-0.25, -0.2) is 4.39 Å². The minimum absolute atomic E-state index is 0.294. The second-order valence-electron chi connectivity index (χ2n) is 3.37. The zero-order chi connectivity index (χ0) is 11.5. The average molecular weight is 258 g/mol. The van der Waals surface area contributed by atoms with Gasteiger partial charge in [0.25, 0.3) is 0 Å². The molecule has 0 aliphatic heterocycles. The number of hydrogen-bond acceptors (Lipinski definition) is 4. The van der Waals surface area contributed by atoms with Crippen LogP contribution in [0.15, 0.2) is 24.4 Å². The first kappa shape index (κ1) is 11.4. The van der Waals surface area contributed by atoms with Gasteiger partial charge >= 0.3 is 0 Å². The first-order chi connectivity index (χ1) is 7.66. The van der Waals surface area contributed by atoms with Crippen LogP contribution in [0.25, 0.3) is 0 Å². The van der Waals surface area contributed by atoms with E-state index in [1.807, 2.05) is 0 Å². The highest BCUT2D eigenvalue weighted by molar-refractivity contribution is 7.05. The van der Waals surface area contributed by atoms with Gasteiger partial charge in [0, 0.05) is 11.1 Å². The largest absolute Gasteiger partial charge is 0.323 e. The lowest BCUT2D eigenvalue weighted by atomic mass is 10.1. The molecule has 0 bridgehead atoms. The molecule has 1 atom stereocenters. The Hall–Kier alpha value is -1.04. The van der Waals surface area contributed by atoms with Gasteiger partial charge in [0.15, 0.2) is 0 Å². The summed E-state index contributed by atoms with van der Waals surface area (Å²) >= 11 is 7.01. The van der Waals surface area contributed by atoms with Crippen molar-refractivity contribution in [2.45, 2.75) is 12.5 Å². The van der Waals surface area contributed by atoms with E-state index in [9.17, 15) is 4.39 Å². The van der Waals surface area contributed by atoms with Gasteiger partial charge < -0.3 is 5.73 Å². The van der Waals surface area contributed by atoms with E-state index in [0.717, 1.165) is 4.88 Å². The SMILES string of the molecule is NC(Cc1cc(Cl)ccc1F)c1cnns1. The molecule has 6 heteroatoms. The Morgan fingerprint density at radius 1 is 1.50 bits per heavy atom. The molecule has 1 unspecified atom stereocenters. The third-order valence-electron chi connectivity index (χ3n) is 2.19. The quantitative estimate of drug-likeness (QED) is 0.920. The van der Waals surface area contributed by atoms with E-state index in [4.69, 9.17) is 17.3 Å². The van der Waals surface area contributed by atoms with Crippen LogP contribution in [-0.2, 0) is 6.42 Å². The molecule has 1 heterocycles. The summed E-state index contributed by atoms with van der Waals surface area (Å²) < 4.78 is 17.1. The first-order valence-corrected chi connectivity index (χ1v) is 5.78. The Labute approximate surface area is 101 Å². The molecule has 0 radical (unpaired) electrons. The average Bonchev–Trinajstić information content (AvgIpc) is 2.76. The van der Waals surface area contributed by atoms with Gasteiger partial charge in [0.1, 0.15) is 5.82 Å². The second-order valence-corrected chi connectivity index (χ2v) is 4.62. The van der Waals surface area contributed by atoms with Crippen molar-refractivity contribution in [3.63, 3.8) is 0 Å². The van der Waals surface area contributed by atoms with Crippen molar-refractivity contribution in [3.05, 3.63) is 45.7 Å². The number of nitrogens with zero attached hydrogens (tertiary/aromatic N) is 2. The van der Waals surface area contributed by atoms with E-state index in [1.54, 1.807) is 12.3 Å². The van der Waals surface area contributed by atoms with Crippen molar-refractivity contribution in [1.82, 2.24) is 9.59 Å². The van der Waals surface area contributed by atoms with E-state index in [0.29, 0.717) is 17.0 Å². The Bertz CT molecular complexity index is 475. The fourth-order valence-electron chi connectivity index (χ4n) is 1.38. The van der Waals surface area contributed by atoms with Gasteiger partial charge in [-0.1, -0.05) is 16.1 Å². The van der Waals surface area contributed by atoms with Gasteiger partial charge in [-0.05, 0) is 41.7 Å². The smallest absolute Gasteiger partial charge is 0.126 e. The summed E-state index contributed by atoms with van der Waals surface area (Å²) in [5, 5.41) is 4.20. The number of nitrogens with two attached hydrogens (primary N) is 1. The molecule has 16 heavy (non-hydrogen) atoms. The van der Waals surface area contributed by atoms with Crippen LogP contribution in [0.1, 0.15) is 16.5 Å². The zero-order valence-corrected chi connectivity index (χ0v) is 9.80. The van der Waals surface area contributed by atoms with Crippen molar-refractivity contribution >= 4 is 23.1 Å². The monoisotopic (exact) mass is 257 g/mol. The standard InChI is InChI=1S/C10H9ClFN3S/c11-7-1-2-8(12)6(3-7)4-9(13)10-5-14-15-16-10/h1-3,5,9H,4,13H2. The normalized spacial score (nSPS) is 12.7. The third kappa shape index (κ3) is 2.55. The van der Waals surface area contributed by atoms with Crippen LogP contribution in [-0.4, -0.2) is 9.59 Å². The zero-order valence-electron chi connectivity index (χ0n) is 8.23. The van der Waals surface area contributed by atoms with Crippen molar-refractivity contribution in [2.75, 3.05) is 0 Å². The molecular weight excluding hydrogens is 249 g/mol. The minimum Gasteiger partial charge on any atom is -0.323 e. The number of benzene rings is 1. The highest BCUT2D eigenvalue weighted by Crippen LogP contribution is 2.22. The van der Waals surface area contributed by atoms with Gasteiger partial charge in [-0.3, -0.25) is 0 Å². The maximum absolute atomic E-state index is 13.4. The van der Waals surface area contributed by atoms with E-state index in [-0.39, 0.29) is 11.9 Å². The van der Waals surface area contributed by atoms with Crippen molar-refractivity contribution in [2.24, 2.45) is 5.73 Å². The predicted molar refractivity (Wildman–Crippen MR) is 62.0 cm³/mol. The first-order valence-electron chi connectivity index (χ1n) is 4.63. The van der Waals surface area contributed by atoms with E-state index < -0.39 is 0 Å². The molecule has 0 saturated heterocycles. The third-order valence-corrected chi connectivity index (χ3v) is 3.22. The summed E-state index contributed by atoms with van der Waals surface area (Å²) in [5.41, 5.74) is 6.42. The molecule has 2 rings (SSSR count). The highest BCUT2D eigenvalue weighted by Gasteiger charge is 2.12. The number of hydrogen-bond donors (Lipinski definition) is 1. The van der Waals surface area contributed by atoms with Crippen LogP contribution in [0.4, 0.5) is 4.39 Å². The number of aromatic nitrogens is 2. The van der Waals surface area contributed by atoms with Gasteiger partial charge in [0.2, 0.25) is 0 Å². The topological polar surface area (TPSA) is 51.8 Å². The molecule has 0 aliphatic carbocycles. The van der Waals surface area contributed by atoms with Crippen LogP contribution >= 0.6 is 23.1 Å². The Kier molecular flexibility index (Phi) is 3.48. The maximum atomic E-state index is 13.4. The molecule has 2 aromatic rings. The van der Waals surface area contributed by atoms with Gasteiger partial charge in [0.05, 0.1) is 11.1 Å². The fourth-order valence-corrected chi connectivity index (χ4v) is 2.07. The van der Waals surface area contributed by atoms with Crippen LogP contribution in [0.5, 0.6) is 0 Å². The summed E-state index contributed by atoms with van der Waals surface area (Å²) in [5.74, 6) is -0.294. The van der Waals surface area contributed by atoms with E-state index in [1.165, 1.54) is 23.7 Å². The molecular formula is C10H9ClFN3S. The summed E-state index contributed by atoms with van der Waals surface area (Å²) in [6, 6.07) is 4.15. The maximum Gasteiger partial charge on any atom is 0.126 e. The predicted octanol–water partition coefficient (Wildman–Crippen LogP) is 2.57. The summed E-state index contributed by atoms with van der Waals surface area (Å²) in [7, 11) is 0. The molecule has 3 nitrogen and oxygen atoms in total. The molecule has 1 aromatic carbocycles. The highest BCUT2D eigenvalue weighted by atomic mass is 35.5. The molecule has 1 aromatic heterocycles. The van der Waals surface area contributed by atoms with Crippen molar-refractivity contribution < 1.29 is 4.39 Å². The van der Waals surface area contributed by atoms with E-state index in [2.05, 4.69) is 9.59 Å². The van der Waals surface area contributed by atoms with Crippen LogP contribution in [0.2, 0.25) is 5.02 Å². The van der Waals surface area contributed by atoms with Crippen LogP contribution in [0, 0.1) is 5.82 Å². The molecule has 0 spiro atoms. The number of rotatable bonds is 3. The second kappa shape index (κ2) is 4.86. The lowest BCUT2D eigenvalue weighted by Crippen LogP contribution is -2.12. The number of halogens is 2. The molecule has 2 N–H and O–H groups in total.